The van der Waals surface area contributed by atoms with Crippen LogP contribution in [-0.2, 0) is 0 Å². The second-order valence-electron chi connectivity index (χ2n) is 8.60. The molecule has 4 rings (SSSR count). The van der Waals surface area contributed by atoms with Crippen LogP contribution in [-0.4, -0.2) is 52.4 Å². The number of nitrogens with zero attached hydrogens (tertiary/aromatic N) is 5. The third kappa shape index (κ3) is 5.31. The molecule has 0 aliphatic carbocycles. The van der Waals surface area contributed by atoms with Crippen molar-refractivity contribution in [3.05, 3.63) is 48.9 Å². The zero-order valence-corrected chi connectivity index (χ0v) is 20.9. The summed E-state index contributed by atoms with van der Waals surface area (Å²) in [6, 6.07) is 9.44. The molecule has 0 amide bonds. The van der Waals surface area contributed by atoms with E-state index in [9.17, 15) is 5.11 Å². The molecule has 0 spiro atoms. The Hall–Kier alpha value is -3.81. The zero-order valence-electron chi connectivity index (χ0n) is 20.9. The van der Waals surface area contributed by atoms with Gasteiger partial charge in [0.1, 0.15) is 5.82 Å². The van der Waals surface area contributed by atoms with E-state index >= 15 is 0 Å². The number of fused-ring (bicyclic) bond motifs is 1. The number of methoxy groups -OCH3 is 2. The van der Waals surface area contributed by atoms with Crippen molar-refractivity contribution in [1.29, 1.82) is 0 Å². The van der Waals surface area contributed by atoms with Crippen molar-refractivity contribution >= 4 is 16.7 Å². The molecular formula is C27H33N5O3. The number of anilines is 1. The van der Waals surface area contributed by atoms with Crippen LogP contribution in [0.3, 0.4) is 0 Å². The largest absolute Gasteiger partial charge is 0.494 e. The molecular weight excluding hydrogens is 442 g/mol. The third-order valence-electron chi connectivity index (χ3n) is 6.17. The van der Waals surface area contributed by atoms with Crippen LogP contribution in [0.4, 0.5) is 5.82 Å². The summed E-state index contributed by atoms with van der Waals surface area (Å²) in [7, 11) is 5.18. The Labute approximate surface area is 206 Å². The van der Waals surface area contributed by atoms with Gasteiger partial charge in [0.05, 0.1) is 36.5 Å². The average molecular weight is 476 g/mol. The predicted octanol–water partition coefficient (Wildman–Crippen LogP) is 5.61. The lowest BCUT2D eigenvalue weighted by Crippen LogP contribution is -2.19. The van der Waals surface area contributed by atoms with E-state index in [0.29, 0.717) is 22.5 Å². The van der Waals surface area contributed by atoms with E-state index in [0.717, 1.165) is 35.7 Å². The summed E-state index contributed by atoms with van der Waals surface area (Å²) >= 11 is 0. The van der Waals surface area contributed by atoms with E-state index in [2.05, 4.69) is 28.8 Å². The molecule has 35 heavy (non-hydrogen) atoms. The molecule has 0 unspecified atom stereocenters. The maximum Gasteiger partial charge on any atom is 0.256 e. The number of aromatic hydroxyl groups is 1. The van der Waals surface area contributed by atoms with Gasteiger partial charge < -0.3 is 19.5 Å². The molecule has 4 aromatic rings. The number of unbranched alkanes of at least 4 members (excludes halogenated alkanes) is 4. The lowest BCUT2D eigenvalue weighted by Gasteiger charge is -2.19. The van der Waals surface area contributed by atoms with Crippen LogP contribution in [0, 0.1) is 0 Å². The Morgan fingerprint density at radius 3 is 2.60 bits per heavy atom. The first-order chi connectivity index (χ1) is 17.0. The quantitative estimate of drug-likeness (QED) is 0.282. The van der Waals surface area contributed by atoms with E-state index in [1.165, 1.54) is 25.7 Å². The minimum atomic E-state index is 0.142. The fourth-order valence-electron chi connectivity index (χ4n) is 4.14. The van der Waals surface area contributed by atoms with Crippen molar-refractivity contribution in [1.82, 2.24) is 19.5 Å². The number of aromatic nitrogens is 4. The summed E-state index contributed by atoms with van der Waals surface area (Å²) in [6.45, 7) is 3.18. The Morgan fingerprint density at radius 1 is 1.00 bits per heavy atom. The Morgan fingerprint density at radius 2 is 1.83 bits per heavy atom. The first-order valence-corrected chi connectivity index (χ1v) is 12.0. The number of hydrogen-bond donors (Lipinski definition) is 1. The second-order valence-corrected chi connectivity index (χ2v) is 8.60. The highest BCUT2D eigenvalue weighted by Gasteiger charge is 2.15. The Balaban J connectivity index is 1.59. The number of pyridine rings is 3. The molecule has 8 heteroatoms. The minimum absolute atomic E-state index is 0.142. The highest BCUT2D eigenvalue weighted by atomic mass is 16.5. The van der Waals surface area contributed by atoms with Gasteiger partial charge in [0.25, 0.3) is 5.88 Å². The van der Waals surface area contributed by atoms with E-state index in [-0.39, 0.29) is 5.88 Å². The summed E-state index contributed by atoms with van der Waals surface area (Å²) in [4.78, 5) is 15.8. The monoisotopic (exact) mass is 475 g/mol. The van der Waals surface area contributed by atoms with E-state index in [1.807, 2.05) is 36.5 Å². The summed E-state index contributed by atoms with van der Waals surface area (Å²) in [5, 5.41) is 11.6. The van der Waals surface area contributed by atoms with E-state index < -0.39 is 0 Å². The maximum absolute atomic E-state index is 10.9. The normalized spacial score (nSPS) is 11.1. The van der Waals surface area contributed by atoms with Gasteiger partial charge in [0, 0.05) is 43.8 Å². The lowest BCUT2D eigenvalue weighted by atomic mass is 10.1. The second kappa shape index (κ2) is 11.1. The zero-order chi connectivity index (χ0) is 24.8. The van der Waals surface area contributed by atoms with Crippen LogP contribution in [0.1, 0.15) is 39.0 Å². The van der Waals surface area contributed by atoms with E-state index in [1.54, 1.807) is 31.2 Å². The van der Waals surface area contributed by atoms with Crippen molar-refractivity contribution in [2.75, 3.05) is 32.7 Å². The molecule has 0 radical (unpaired) electrons. The topological polar surface area (TPSA) is 85.5 Å². The van der Waals surface area contributed by atoms with Gasteiger partial charge in [-0.3, -0.25) is 4.57 Å². The van der Waals surface area contributed by atoms with Gasteiger partial charge in [-0.2, -0.15) is 0 Å². The molecule has 0 aliphatic rings. The maximum atomic E-state index is 10.9. The lowest BCUT2D eigenvalue weighted by molar-refractivity contribution is 0.343. The fourth-order valence-corrected chi connectivity index (χ4v) is 4.14. The third-order valence-corrected chi connectivity index (χ3v) is 6.17. The van der Waals surface area contributed by atoms with Gasteiger partial charge in [0.2, 0.25) is 5.88 Å². The average Bonchev–Trinajstić information content (AvgIpc) is 3.23. The minimum Gasteiger partial charge on any atom is -0.494 e. The van der Waals surface area contributed by atoms with Crippen LogP contribution in [0.2, 0.25) is 0 Å². The molecule has 0 fully saturated rings. The summed E-state index contributed by atoms with van der Waals surface area (Å²) in [5.74, 6) is 1.97. The smallest absolute Gasteiger partial charge is 0.256 e. The SMILES string of the molecule is CCCCCCCN(C)c1cc(-n2cc3nc(-c4cnc(OC)c(OC)c4)ccc3c2O)ccn1. The van der Waals surface area contributed by atoms with Gasteiger partial charge in [-0.1, -0.05) is 32.6 Å². The highest BCUT2D eigenvalue weighted by molar-refractivity contribution is 5.87. The summed E-state index contributed by atoms with van der Waals surface area (Å²) < 4.78 is 12.3. The molecule has 0 saturated carbocycles. The van der Waals surface area contributed by atoms with Crippen LogP contribution in [0.5, 0.6) is 17.5 Å². The first kappa shape index (κ1) is 24.3. The van der Waals surface area contributed by atoms with Gasteiger partial charge >= 0.3 is 0 Å². The first-order valence-electron chi connectivity index (χ1n) is 12.0. The molecule has 0 atom stereocenters. The van der Waals surface area contributed by atoms with Gasteiger partial charge in [-0.05, 0) is 30.7 Å². The Kier molecular flexibility index (Phi) is 7.70. The number of rotatable bonds is 11. The van der Waals surface area contributed by atoms with Gasteiger partial charge in [0.15, 0.2) is 5.75 Å². The Bertz CT molecular complexity index is 1290. The number of hydrogen-bond acceptors (Lipinski definition) is 7. The molecule has 4 aromatic heterocycles. The van der Waals surface area contributed by atoms with Crippen molar-refractivity contribution in [3.63, 3.8) is 0 Å². The molecule has 4 heterocycles. The molecule has 0 saturated heterocycles. The molecule has 0 bridgehead atoms. The van der Waals surface area contributed by atoms with Crippen molar-refractivity contribution in [2.24, 2.45) is 0 Å². The van der Waals surface area contributed by atoms with E-state index in [4.69, 9.17) is 14.5 Å². The van der Waals surface area contributed by atoms with Crippen LogP contribution in [0.25, 0.3) is 27.8 Å². The molecule has 0 aromatic carbocycles. The molecule has 1 N–H and O–H groups in total. The van der Waals surface area contributed by atoms with Crippen LogP contribution < -0.4 is 14.4 Å². The molecule has 184 valence electrons. The fraction of sp³-hybridized carbons (Fsp3) is 0.370. The van der Waals surface area contributed by atoms with Crippen molar-refractivity contribution < 1.29 is 14.6 Å². The highest BCUT2D eigenvalue weighted by Crippen LogP contribution is 2.33. The van der Waals surface area contributed by atoms with Gasteiger partial charge in [-0.25, -0.2) is 15.0 Å². The number of ether oxygens (including phenoxy) is 2. The van der Waals surface area contributed by atoms with Crippen LogP contribution >= 0.6 is 0 Å². The van der Waals surface area contributed by atoms with Crippen LogP contribution in [0.15, 0.2) is 48.9 Å². The molecule has 0 aliphatic heterocycles. The summed E-state index contributed by atoms with van der Waals surface area (Å²) in [5.41, 5.74) is 3.03. The van der Waals surface area contributed by atoms with Crippen molar-refractivity contribution in [2.45, 2.75) is 39.0 Å². The predicted molar refractivity (Wildman–Crippen MR) is 139 cm³/mol. The molecule has 8 nitrogen and oxygen atoms in total. The standard InChI is InChI=1S/C27H33N5O3/c1-5-6-7-8-9-14-31(2)25-16-20(12-13-28-25)32-18-23-21(27(32)33)10-11-22(30-23)19-15-24(34-3)26(35-4)29-17-19/h10-13,15-18,33H,5-9,14H2,1-4H3. The van der Waals surface area contributed by atoms with Gasteiger partial charge in [-0.15, -0.1) is 0 Å². The van der Waals surface area contributed by atoms with Crippen molar-refractivity contribution in [3.8, 4) is 34.5 Å². The summed E-state index contributed by atoms with van der Waals surface area (Å²) in [6.07, 6.45) is 11.5.